The summed E-state index contributed by atoms with van der Waals surface area (Å²) in [5, 5.41) is 4.14. The van der Waals surface area contributed by atoms with Gasteiger partial charge in [0.2, 0.25) is 0 Å². The Morgan fingerprint density at radius 2 is 2.44 bits per heavy atom. The van der Waals surface area contributed by atoms with Crippen molar-refractivity contribution in [2.45, 2.75) is 50.9 Å². The van der Waals surface area contributed by atoms with Crippen LogP contribution in [0.1, 0.15) is 26.2 Å². The van der Waals surface area contributed by atoms with Crippen molar-refractivity contribution in [2.24, 2.45) is 0 Å². The van der Waals surface area contributed by atoms with Crippen LogP contribution in [0, 0.1) is 0 Å². The Morgan fingerprint density at radius 1 is 1.56 bits per heavy atom. The predicted molar refractivity (Wildman–Crippen MR) is 63.7 cm³/mol. The van der Waals surface area contributed by atoms with Gasteiger partial charge in [-0.3, -0.25) is 14.4 Å². The quantitative estimate of drug-likeness (QED) is 0.729. The van der Waals surface area contributed by atoms with Gasteiger partial charge in [0.05, 0.1) is 6.54 Å². The Morgan fingerprint density at radius 3 is 3.11 bits per heavy atom. The Bertz CT molecular complexity index is 420. The first-order valence-corrected chi connectivity index (χ1v) is 6.52. The molecule has 6 heteroatoms. The van der Waals surface area contributed by atoms with Crippen LogP contribution in [-0.2, 0) is 16.1 Å². The highest BCUT2D eigenvalue weighted by Gasteiger charge is 2.41. The van der Waals surface area contributed by atoms with Crippen LogP contribution >= 0.6 is 0 Å². The van der Waals surface area contributed by atoms with Gasteiger partial charge in [-0.15, -0.1) is 0 Å². The van der Waals surface area contributed by atoms with Gasteiger partial charge in [0.1, 0.15) is 24.8 Å². The topological polar surface area (TPSA) is 60.2 Å². The molecular weight excluding hydrogens is 232 g/mol. The number of ether oxygens (including phenoxy) is 1. The molecule has 1 aromatic heterocycles. The fourth-order valence-corrected chi connectivity index (χ4v) is 3.01. The van der Waals surface area contributed by atoms with Crippen molar-refractivity contribution in [3.05, 3.63) is 12.7 Å². The van der Waals surface area contributed by atoms with Gasteiger partial charge in [-0.25, -0.2) is 4.98 Å². The minimum Gasteiger partial charge on any atom is -0.461 e. The molecular formula is C12H18N4O2. The zero-order chi connectivity index (χ0) is 12.5. The molecule has 0 amide bonds. The number of carbonyl (C=O) groups is 1. The van der Waals surface area contributed by atoms with Gasteiger partial charge in [-0.05, 0) is 26.3 Å². The summed E-state index contributed by atoms with van der Waals surface area (Å²) in [5.41, 5.74) is 0. The number of rotatable bonds is 3. The van der Waals surface area contributed by atoms with E-state index in [0.717, 1.165) is 32.4 Å². The number of nitrogens with zero attached hydrogens (tertiary/aromatic N) is 4. The first-order valence-electron chi connectivity index (χ1n) is 6.52. The van der Waals surface area contributed by atoms with E-state index in [-0.39, 0.29) is 18.1 Å². The molecule has 3 heterocycles. The third-order valence-electron chi connectivity index (χ3n) is 3.83. The molecule has 1 aromatic rings. The second-order valence-corrected chi connectivity index (χ2v) is 5.15. The smallest absolute Gasteiger partial charge is 0.323 e. The van der Waals surface area contributed by atoms with Crippen LogP contribution < -0.4 is 0 Å². The minimum atomic E-state index is -0.0620. The molecule has 3 rings (SSSR count). The Balaban J connectivity index is 1.69. The van der Waals surface area contributed by atoms with E-state index in [2.05, 4.69) is 15.0 Å². The van der Waals surface area contributed by atoms with Crippen molar-refractivity contribution >= 4 is 5.97 Å². The van der Waals surface area contributed by atoms with Gasteiger partial charge in [0, 0.05) is 12.5 Å². The van der Waals surface area contributed by atoms with Crippen molar-refractivity contribution in [3.8, 4) is 0 Å². The number of carbonyl (C=O) groups excluding carboxylic acids is 1. The number of hydrogen-bond acceptors (Lipinski definition) is 5. The maximum atomic E-state index is 11.8. The van der Waals surface area contributed by atoms with Gasteiger partial charge in [-0.2, -0.15) is 5.10 Å². The second-order valence-electron chi connectivity index (χ2n) is 5.15. The first-order chi connectivity index (χ1) is 8.74. The van der Waals surface area contributed by atoms with Gasteiger partial charge < -0.3 is 4.74 Å². The van der Waals surface area contributed by atoms with Crippen LogP contribution in [0.15, 0.2) is 12.7 Å². The standard InChI is InChI=1S/C12H18N4O2/c1-9-5-11(12(17)18-9)16-4-2-3-10(16)6-15-8-13-7-14-15/h7-11H,2-6H2,1H3/t9-,10-,11+/m1/s1. The molecule has 0 bridgehead atoms. The highest BCUT2D eigenvalue weighted by molar-refractivity contribution is 5.78. The summed E-state index contributed by atoms with van der Waals surface area (Å²) >= 11 is 0. The molecule has 0 radical (unpaired) electrons. The Hall–Kier alpha value is -1.43. The van der Waals surface area contributed by atoms with Crippen LogP contribution in [0.3, 0.4) is 0 Å². The summed E-state index contributed by atoms with van der Waals surface area (Å²) in [6, 6.07) is 0.311. The number of cyclic esters (lactones) is 1. The number of hydrogen-bond donors (Lipinski definition) is 0. The van der Waals surface area contributed by atoms with Crippen LogP contribution in [0.5, 0.6) is 0 Å². The molecule has 0 unspecified atom stereocenters. The van der Waals surface area contributed by atoms with Crippen molar-refractivity contribution in [1.82, 2.24) is 19.7 Å². The van der Waals surface area contributed by atoms with Gasteiger partial charge in [0.25, 0.3) is 0 Å². The van der Waals surface area contributed by atoms with E-state index in [0.29, 0.717) is 6.04 Å². The predicted octanol–water partition coefficient (Wildman–Crippen LogP) is 0.447. The molecule has 0 N–H and O–H groups in total. The van der Waals surface area contributed by atoms with E-state index in [1.54, 1.807) is 12.7 Å². The lowest BCUT2D eigenvalue weighted by Crippen LogP contribution is -2.43. The molecule has 18 heavy (non-hydrogen) atoms. The lowest BCUT2D eigenvalue weighted by Gasteiger charge is -2.27. The molecule has 0 aromatic carbocycles. The Kier molecular flexibility index (Phi) is 3.03. The van der Waals surface area contributed by atoms with Crippen LogP contribution in [-0.4, -0.2) is 50.4 Å². The maximum Gasteiger partial charge on any atom is 0.323 e. The molecule has 2 fully saturated rings. The average molecular weight is 250 g/mol. The highest BCUT2D eigenvalue weighted by Crippen LogP contribution is 2.28. The lowest BCUT2D eigenvalue weighted by atomic mass is 10.1. The zero-order valence-corrected chi connectivity index (χ0v) is 10.5. The molecule has 6 nitrogen and oxygen atoms in total. The normalized spacial score (nSPS) is 32.9. The molecule has 0 spiro atoms. The maximum absolute atomic E-state index is 11.8. The molecule has 2 aliphatic heterocycles. The third-order valence-corrected chi connectivity index (χ3v) is 3.83. The fourth-order valence-electron chi connectivity index (χ4n) is 3.01. The van der Waals surface area contributed by atoms with E-state index in [4.69, 9.17) is 4.74 Å². The molecule has 98 valence electrons. The van der Waals surface area contributed by atoms with Crippen LogP contribution in [0.2, 0.25) is 0 Å². The van der Waals surface area contributed by atoms with Crippen LogP contribution in [0.4, 0.5) is 0 Å². The third kappa shape index (κ3) is 2.12. The van der Waals surface area contributed by atoms with Gasteiger partial charge in [-0.1, -0.05) is 0 Å². The van der Waals surface area contributed by atoms with E-state index in [1.165, 1.54) is 0 Å². The van der Waals surface area contributed by atoms with E-state index in [9.17, 15) is 4.79 Å². The first kappa shape index (κ1) is 11.6. The number of esters is 1. The van der Waals surface area contributed by atoms with E-state index < -0.39 is 0 Å². The van der Waals surface area contributed by atoms with E-state index >= 15 is 0 Å². The van der Waals surface area contributed by atoms with Crippen molar-refractivity contribution in [3.63, 3.8) is 0 Å². The summed E-state index contributed by atoms with van der Waals surface area (Å²) in [4.78, 5) is 18.1. The Labute approximate surface area is 106 Å². The van der Waals surface area contributed by atoms with Crippen molar-refractivity contribution < 1.29 is 9.53 Å². The molecule has 0 saturated carbocycles. The van der Waals surface area contributed by atoms with Crippen molar-refractivity contribution in [2.75, 3.05) is 6.54 Å². The largest absolute Gasteiger partial charge is 0.461 e. The fraction of sp³-hybridized carbons (Fsp3) is 0.750. The number of likely N-dealkylation sites (tertiary alicyclic amines) is 1. The SMILES string of the molecule is C[C@@H]1C[C@H](N2CCC[C@@H]2Cn2cncn2)C(=O)O1. The summed E-state index contributed by atoms with van der Waals surface area (Å²) in [6.07, 6.45) is 6.38. The second kappa shape index (κ2) is 4.68. The van der Waals surface area contributed by atoms with Crippen LogP contribution in [0.25, 0.3) is 0 Å². The molecule has 2 aliphatic rings. The average Bonchev–Trinajstić information content (AvgIpc) is 3.02. The summed E-state index contributed by atoms with van der Waals surface area (Å²) in [7, 11) is 0. The molecule has 3 atom stereocenters. The lowest BCUT2D eigenvalue weighted by molar-refractivity contribution is -0.145. The zero-order valence-electron chi connectivity index (χ0n) is 10.5. The minimum absolute atomic E-state index is 0.0510. The summed E-state index contributed by atoms with van der Waals surface area (Å²) < 4.78 is 7.09. The monoisotopic (exact) mass is 250 g/mol. The summed E-state index contributed by atoms with van der Waals surface area (Å²) in [6.45, 7) is 3.74. The highest BCUT2D eigenvalue weighted by atomic mass is 16.6. The van der Waals surface area contributed by atoms with Gasteiger partial charge >= 0.3 is 5.97 Å². The van der Waals surface area contributed by atoms with Gasteiger partial charge in [0.15, 0.2) is 0 Å². The molecule has 0 aliphatic carbocycles. The number of aromatic nitrogens is 3. The molecule has 2 saturated heterocycles. The van der Waals surface area contributed by atoms with Crippen molar-refractivity contribution in [1.29, 1.82) is 0 Å². The summed E-state index contributed by atoms with van der Waals surface area (Å²) in [5.74, 6) is -0.0620. The van der Waals surface area contributed by atoms with E-state index in [1.807, 2.05) is 11.6 Å².